The molecule has 0 unspecified atom stereocenters. The molecule has 2 nitrogen and oxygen atoms in total. The summed E-state index contributed by atoms with van der Waals surface area (Å²) in [6.45, 7) is 0. The van der Waals surface area contributed by atoms with Gasteiger partial charge in [0.2, 0.25) is 0 Å². The Morgan fingerprint density at radius 2 is 0.898 bits per heavy atom. The van der Waals surface area contributed by atoms with Crippen molar-refractivity contribution in [3.05, 3.63) is 158 Å². The van der Waals surface area contributed by atoms with Crippen LogP contribution in [0.15, 0.2) is 167 Å². The molecule has 0 saturated carbocycles. The quantitative estimate of drug-likeness (QED) is 0.179. The Hall–Kier alpha value is -6.16. The third-order valence-corrected chi connectivity index (χ3v) is 11.2. The van der Waals surface area contributed by atoms with E-state index in [-0.39, 0.29) is 0 Å². The molecule has 0 fully saturated rings. The molecule has 0 aliphatic rings. The maximum atomic E-state index is 7.08. The molecule has 3 aromatic heterocycles. The van der Waals surface area contributed by atoms with E-state index in [2.05, 4.69) is 140 Å². The minimum atomic E-state index is 0.847. The van der Waals surface area contributed by atoms with Crippen LogP contribution in [0.25, 0.3) is 108 Å². The highest BCUT2D eigenvalue weighted by Crippen LogP contribution is 2.51. The molecule has 0 spiro atoms. The smallest absolute Gasteiger partial charge is 0.144 e. The first-order valence-corrected chi connectivity index (χ1v) is 17.4. The lowest BCUT2D eigenvalue weighted by Gasteiger charge is -2.17. The molecule has 0 atom stereocenters. The minimum absolute atomic E-state index is 0.847. The molecule has 0 saturated heterocycles. The molecule has 0 N–H and O–H groups in total. The van der Waals surface area contributed by atoms with Crippen LogP contribution in [0.4, 0.5) is 0 Å². The predicted molar refractivity (Wildman–Crippen MR) is 208 cm³/mol. The van der Waals surface area contributed by atoms with Crippen LogP contribution in [0.3, 0.4) is 0 Å². The van der Waals surface area contributed by atoms with Crippen molar-refractivity contribution in [1.29, 1.82) is 0 Å². The molecular weight excluding hydrogens is 617 g/mol. The molecule has 0 amide bonds. The lowest BCUT2D eigenvalue weighted by Crippen LogP contribution is -1.91. The van der Waals surface area contributed by atoms with Gasteiger partial charge in [0, 0.05) is 47.5 Å². The van der Waals surface area contributed by atoms with E-state index < -0.39 is 0 Å². The number of benzene rings is 8. The molecular formula is C46H26O2S. The van der Waals surface area contributed by atoms with Crippen molar-refractivity contribution < 1.29 is 8.83 Å². The summed E-state index contributed by atoms with van der Waals surface area (Å²) in [4.78, 5) is 0. The molecule has 3 heterocycles. The summed E-state index contributed by atoms with van der Waals surface area (Å²) < 4.78 is 16.1. The fraction of sp³-hybridized carbons (Fsp3) is 0. The summed E-state index contributed by atoms with van der Waals surface area (Å²) in [5.74, 6) is 0.872. The van der Waals surface area contributed by atoms with Crippen LogP contribution in [0, 0.1) is 0 Å². The third-order valence-electron chi connectivity index (χ3n) is 10.1. The first kappa shape index (κ1) is 26.9. The summed E-state index contributed by atoms with van der Waals surface area (Å²) in [6, 6.07) is 56.4. The van der Waals surface area contributed by atoms with Crippen molar-refractivity contribution in [2.45, 2.75) is 0 Å². The number of hydrogen-bond donors (Lipinski definition) is 0. The molecule has 11 aromatic rings. The zero-order valence-electron chi connectivity index (χ0n) is 26.2. The van der Waals surface area contributed by atoms with E-state index in [1.54, 1.807) is 0 Å². The third kappa shape index (κ3) is 3.82. The molecule has 49 heavy (non-hydrogen) atoms. The Bertz CT molecular complexity index is 3050. The Morgan fingerprint density at radius 3 is 1.63 bits per heavy atom. The van der Waals surface area contributed by atoms with Gasteiger partial charge in [0.25, 0.3) is 0 Å². The van der Waals surface area contributed by atoms with Crippen molar-refractivity contribution in [1.82, 2.24) is 0 Å². The summed E-state index contributed by atoms with van der Waals surface area (Å²) >= 11 is 1.86. The summed E-state index contributed by atoms with van der Waals surface area (Å²) in [7, 11) is 0. The SMILES string of the molecule is c1ccc(-c2c(-c3c4ccccc4c(-c4ccc5sc6ccccc6c5c4)c4ccccc34)oc3ccc4oc5ccccc5c4c23)cc1. The van der Waals surface area contributed by atoms with Crippen LogP contribution in [0.5, 0.6) is 0 Å². The largest absolute Gasteiger partial charge is 0.456 e. The van der Waals surface area contributed by atoms with Gasteiger partial charge in [0.15, 0.2) is 0 Å². The number of rotatable bonds is 3. The lowest BCUT2D eigenvalue weighted by atomic mass is 9.85. The van der Waals surface area contributed by atoms with Crippen LogP contribution >= 0.6 is 11.3 Å². The second-order valence-electron chi connectivity index (χ2n) is 12.7. The van der Waals surface area contributed by atoms with E-state index in [0.717, 1.165) is 66.1 Å². The van der Waals surface area contributed by atoms with E-state index in [9.17, 15) is 0 Å². The Kier molecular flexibility index (Phi) is 5.57. The van der Waals surface area contributed by atoms with Gasteiger partial charge in [0.05, 0.1) is 0 Å². The number of hydrogen-bond acceptors (Lipinski definition) is 3. The van der Waals surface area contributed by atoms with Crippen LogP contribution in [0.1, 0.15) is 0 Å². The van der Waals surface area contributed by atoms with Crippen molar-refractivity contribution in [2.75, 3.05) is 0 Å². The van der Waals surface area contributed by atoms with Gasteiger partial charge in [0.1, 0.15) is 22.5 Å². The average Bonchev–Trinajstić information content (AvgIpc) is 3.85. The predicted octanol–water partition coefficient (Wildman–Crippen LogP) is 14.0. The highest BCUT2D eigenvalue weighted by atomic mass is 32.1. The van der Waals surface area contributed by atoms with E-state index in [1.807, 2.05) is 29.5 Å². The van der Waals surface area contributed by atoms with Gasteiger partial charge >= 0.3 is 0 Å². The highest BCUT2D eigenvalue weighted by molar-refractivity contribution is 7.25. The standard InChI is InChI=1S/C46H26O2S/c1-2-12-27(13-3-1)42-45-38(24-23-37-44(45)34-19-8-10-20-36(34)47-37)48-46(42)43-32-17-6-4-15-30(32)41(31-16-5-7-18-33(31)43)28-22-25-40-35(26-28)29-14-9-11-21-39(29)49-40/h1-26H. The van der Waals surface area contributed by atoms with Crippen molar-refractivity contribution in [3.63, 3.8) is 0 Å². The molecule has 11 rings (SSSR count). The van der Waals surface area contributed by atoms with Gasteiger partial charge in [-0.3, -0.25) is 0 Å². The number of fused-ring (bicyclic) bond motifs is 10. The number of thiophene rings is 1. The molecule has 0 radical (unpaired) electrons. The topological polar surface area (TPSA) is 26.3 Å². The second-order valence-corrected chi connectivity index (χ2v) is 13.8. The van der Waals surface area contributed by atoms with E-state index in [4.69, 9.17) is 8.83 Å². The summed E-state index contributed by atoms with van der Waals surface area (Å²) in [5, 5.41) is 10.6. The fourth-order valence-electron chi connectivity index (χ4n) is 8.03. The van der Waals surface area contributed by atoms with E-state index in [0.29, 0.717) is 0 Å². The number of para-hydroxylation sites is 1. The fourth-order valence-corrected chi connectivity index (χ4v) is 9.11. The second kappa shape index (κ2) is 10.2. The lowest BCUT2D eigenvalue weighted by molar-refractivity contribution is 0.633. The average molecular weight is 643 g/mol. The molecule has 228 valence electrons. The first-order chi connectivity index (χ1) is 24.3. The van der Waals surface area contributed by atoms with E-state index >= 15 is 0 Å². The molecule has 0 aliphatic heterocycles. The molecule has 0 aliphatic carbocycles. The summed E-state index contributed by atoms with van der Waals surface area (Å²) in [5.41, 5.74) is 8.35. The first-order valence-electron chi connectivity index (χ1n) is 16.6. The van der Waals surface area contributed by atoms with E-state index in [1.165, 1.54) is 42.1 Å². The van der Waals surface area contributed by atoms with Gasteiger partial charge in [-0.2, -0.15) is 0 Å². The maximum absolute atomic E-state index is 7.08. The van der Waals surface area contributed by atoms with Crippen molar-refractivity contribution >= 4 is 86.0 Å². The number of furan rings is 2. The van der Waals surface area contributed by atoms with Crippen LogP contribution in [0.2, 0.25) is 0 Å². The molecule has 8 aromatic carbocycles. The normalized spacial score (nSPS) is 12.1. The van der Waals surface area contributed by atoms with Crippen LogP contribution < -0.4 is 0 Å². The van der Waals surface area contributed by atoms with Crippen molar-refractivity contribution in [2.24, 2.45) is 0 Å². The summed E-state index contributed by atoms with van der Waals surface area (Å²) in [6.07, 6.45) is 0. The van der Waals surface area contributed by atoms with Crippen LogP contribution in [-0.4, -0.2) is 0 Å². The van der Waals surface area contributed by atoms with Gasteiger partial charge in [-0.25, -0.2) is 0 Å². The Balaban J connectivity index is 1.29. The van der Waals surface area contributed by atoms with Gasteiger partial charge in [-0.1, -0.05) is 121 Å². The highest BCUT2D eigenvalue weighted by Gasteiger charge is 2.26. The Morgan fingerprint density at radius 1 is 0.327 bits per heavy atom. The zero-order chi connectivity index (χ0) is 32.1. The zero-order valence-corrected chi connectivity index (χ0v) is 27.1. The van der Waals surface area contributed by atoms with Gasteiger partial charge in [-0.15, -0.1) is 11.3 Å². The minimum Gasteiger partial charge on any atom is -0.456 e. The monoisotopic (exact) mass is 642 g/mol. The van der Waals surface area contributed by atoms with Gasteiger partial charge < -0.3 is 8.83 Å². The Labute approximate surface area is 285 Å². The van der Waals surface area contributed by atoms with Gasteiger partial charge in [-0.05, 0) is 74.6 Å². The van der Waals surface area contributed by atoms with Crippen LogP contribution in [-0.2, 0) is 0 Å². The van der Waals surface area contributed by atoms with Crippen molar-refractivity contribution in [3.8, 4) is 33.6 Å². The molecule has 0 bridgehead atoms. The molecule has 3 heteroatoms. The maximum Gasteiger partial charge on any atom is 0.144 e.